The minimum atomic E-state index is 0.289. The molecule has 2 aliphatic carbocycles. The number of thioether (sulfide) groups is 1. The van der Waals surface area contributed by atoms with Gasteiger partial charge in [0.25, 0.3) is 0 Å². The van der Waals surface area contributed by atoms with E-state index in [0.29, 0.717) is 6.10 Å². The summed E-state index contributed by atoms with van der Waals surface area (Å²) >= 11 is 2.00. The molecule has 0 spiro atoms. The van der Waals surface area contributed by atoms with Gasteiger partial charge in [-0.05, 0) is 43.4 Å². The van der Waals surface area contributed by atoms with Crippen molar-refractivity contribution in [2.24, 2.45) is 23.5 Å². The quantitative estimate of drug-likeness (QED) is 0.823. The number of fused-ring (bicyclic) bond motifs is 2. The molecule has 1 saturated heterocycles. The van der Waals surface area contributed by atoms with Crippen LogP contribution in [-0.2, 0) is 4.74 Å². The summed E-state index contributed by atoms with van der Waals surface area (Å²) in [6, 6.07) is 0.289. The summed E-state index contributed by atoms with van der Waals surface area (Å²) in [6.45, 7) is 0.903. The van der Waals surface area contributed by atoms with Crippen molar-refractivity contribution in [2.45, 2.75) is 44.2 Å². The maximum atomic E-state index is 6.32. The predicted molar refractivity (Wildman–Crippen MR) is 68.6 cm³/mol. The van der Waals surface area contributed by atoms with Crippen molar-refractivity contribution in [3.8, 4) is 0 Å². The molecule has 5 atom stereocenters. The van der Waals surface area contributed by atoms with Crippen LogP contribution in [0.5, 0.6) is 0 Å². The van der Waals surface area contributed by atoms with Crippen LogP contribution in [0.4, 0.5) is 0 Å². The van der Waals surface area contributed by atoms with Gasteiger partial charge in [-0.15, -0.1) is 0 Å². The van der Waals surface area contributed by atoms with Gasteiger partial charge in [0.2, 0.25) is 0 Å². The van der Waals surface area contributed by atoms with Crippen molar-refractivity contribution >= 4 is 11.8 Å². The molecule has 0 aromatic heterocycles. The number of hydrogen-bond donors (Lipinski definition) is 1. The molecule has 2 N–H and O–H groups in total. The highest BCUT2D eigenvalue weighted by molar-refractivity contribution is 7.99. The Labute approximate surface area is 103 Å². The molecule has 1 heterocycles. The summed E-state index contributed by atoms with van der Waals surface area (Å²) in [7, 11) is 0. The van der Waals surface area contributed by atoms with Crippen LogP contribution in [-0.4, -0.2) is 30.3 Å². The Balaban J connectivity index is 1.50. The molecule has 3 heteroatoms. The maximum absolute atomic E-state index is 6.32. The number of hydrogen-bond acceptors (Lipinski definition) is 3. The molecule has 16 heavy (non-hydrogen) atoms. The highest BCUT2D eigenvalue weighted by atomic mass is 32.2. The highest BCUT2D eigenvalue weighted by Crippen LogP contribution is 2.50. The Morgan fingerprint density at radius 3 is 2.88 bits per heavy atom. The van der Waals surface area contributed by atoms with Crippen LogP contribution in [0.3, 0.4) is 0 Å². The first kappa shape index (κ1) is 11.4. The zero-order valence-corrected chi connectivity index (χ0v) is 10.8. The van der Waals surface area contributed by atoms with Gasteiger partial charge in [-0.3, -0.25) is 0 Å². The fourth-order valence-corrected chi connectivity index (χ4v) is 4.88. The van der Waals surface area contributed by atoms with Crippen LogP contribution >= 0.6 is 11.8 Å². The zero-order chi connectivity index (χ0) is 11.0. The third-order valence-electron chi connectivity index (χ3n) is 4.78. The van der Waals surface area contributed by atoms with Crippen LogP contribution in [0.25, 0.3) is 0 Å². The van der Waals surface area contributed by atoms with Gasteiger partial charge in [0.15, 0.2) is 0 Å². The van der Waals surface area contributed by atoms with E-state index >= 15 is 0 Å². The lowest BCUT2D eigenvalue weighted by Gasteiger charge is -2.31. The van der Waals surface area contributed by atoms with E-state index in [1.165, 1.54) is 32.1 Å². The first-order valence-electron chi connectivity index (χ1n) is 6.78. The van der Waals surface area contributed by atoms with Crippen molar-refractivity contribution < 1.29 is 4.74 Å². The molecule has 0 aromatic rings. The van der Waals surface area contributed by atoms with Crippen molar-refractivity contribution in [3.63, 3.8) is 0 Å². The summed E-state index contributed by atoms with van der Waals surface area (Å²) in [5, 5.41) is 0. The molecular weight excluding hydrogens is 218 g/mol. The molecule has 1 aliphatic heterocycles. The van der Waals surface area contributed by atoms with E-state index in [2.05, 4.69) is 0 Å². The molecular formula is C13H23NOS. The molecule has 0 radical (unpaired) electrons. The molecule has 0 amide bonds. The Hall–Kier alpha value is 0.270. The summed E-state index contributed by atoms with van der Waals surface area (Å²) in [5.74, 6) is 5.24. The van der Waals surface area contributed by atoms with Gasteiger partial charge in [0.1, 0.15) is 0 Å². The average molecular weight is 241 g/mol. The van der Waals surface area contributed by atoms with Gasteiger partial charge in [0, 0.05) is 17.5 Å². The smallest absolute Gasteiger partial charge is 0.0816 e. The van der Waals surface area contributed by atoms with Gasteiger partial charge < -0.3 is 10.5 Å². The fraction of sp³-hybridized carbons (Fsp3) is 1.00. The van der Waals surface area contributed by atoms with Gasteiger partial charge in [0.05, 0.1) is 12.7 Å². The average Bonchev–Trinajstić information content (AvgIpc) is 2.92. The lowest BCUT2D eigenvalue weighted by atomic mass is 9.83. The van der Waals surface area contributed by atoms with E-state index in [9.17, 15) is 0 Å². The molecule has 3 rings (SSSR count). The Bertz CT molecular complexity index is 242. The van der Waals surface area contributed by atoms with Crippen LogP contribution in [0, 0.1) is 17.8 Å². The van der Waals surface area contributed by atoms with Crippen LogP contribution < -0.4 is 5.73 Å². The van der Waals surface area contributed by atoms with Crippen molar-refractivity contribution in [3.05, 3.63) is 0 Å². The second-order valence-electron chi connectivity index (χ2n) is 5.82. The monoisotopic (exact) mass is 241 g/mol. The van der Waals surface area contributed by atoms with Gasteiger partial charge in [-0.2, -0.15) is 11.8 Å². The molecule has 3 fully saturated rings. The standard InChI is InChI=1S/C13H23NOS/c14-12(13-8-16-4-3-15-13)7-11-6-9-1-2-10(11)5-9/h9-13H,1-8,14H2. The second-order valence-corrected chi connectivity index (χ2v) is 6.97. The Morgan fingerprint density at radius 1 is 1.31 bits per heavy atom. The first-order chi connectivity index (χ1) is 7.83. The van der Waals surface area contributed by atoms with E-state index in [1.807, 2.05) is 11.8 Å². The van der Waals surface area contributed by atoms with E-state index in [0.717, 1.165) is 35.9 Å². The molecule has 2 bridgehead atoms. The molecule has 92 valence electrons. The minimum Gasteiger partial charge on any atom is -0.375 e. The predicted octanol–water partition coefficient (Wildman–Crippen LogP) is 2.27. The fourth-order valence-electron chi connectivity index (χ4n) is 3.92. The third-order valence-corrected chi connectivity index (χ3v) is 5.80. The molecule has 0 aromatic carbocycles. The van der Waals surface area contributed by atoms with Crippen LogP contribution in [0.15, 0.2) is 0 Å². The number of rotatable bonds is 3. The Morgan fingerprint density at radius 2 is 2.25 bits per heavy atom. The molecule has 5 unspecified atom stereocenters. The van der Waals surface area contributed by atoms with Crippen molar-refractivity contribution in [1.82, 2.24) is 0 Å². The van der Waals surface area contributed by atoms with E-state index in [1.54, 1.807) is 0 Å². The lowest BCUT2D eigenvalue weighted by Crippen LogP contribution is -2.42. The van der Waals surface area contributed by atoms with E-state index < -0.39 is 0 Å². The summed E-state index contributed by atoms with van der Waals surface area (Å²) in [5.41, 5.74) is 6.32. The Kier molecular flexibility index (Phi) is 3.46. The highest BCUT2D eigenvalue weighted by Gasteiger charge is 2.40. The second kappa shape index (κ2) is 4.87. The lowest BCUT2D eigenvalue weighted by molar-refractivity contribution is 0.0481. The SMILES string of the molecule is NC(CC1CC2CCC1C2)C1CSCCO1. The van der Waals surface area contributed by atoms with Crippen molar-refractivity contribution in [1.29, 1.82) is 0 Å². The first-order valence-corrected chi connectivity index (χ1v) is 7.93. The van der Waals surface area contributed by atoms with Gasteiger partial charge in [-0.1, -0.05) is 6.42 Å². The number of ether oxygens (including phenoxy) is 1. The topological polar surface area (TPSA) is 35.2 Å². The normalized spacial score (nSPS) is 44.8. The summed E-state index contributed by atoms with van der Waals surface area (Å²) in [6.07, 6.45) is 7.47. The van der Waals surface area contributed by atoms with Crippen LogP contribution in [0.2, 0.25) is 0 Å². The summed E-state index contributed by atoms with van der Waals surface area (Å²) in [4.78, 5) is 0. The minimum absolute atomic E-state index is 0.289. The maximum Gasteiger partial charge on any atom is 0.0816 e. The third kappa shape index (κ3) is 2.27. The van der Waals surface area contributed by atoms with Gasteiger partial charge >= 0.3 is 0 Å². The van der Waals surface area contributed by atoms with E-state index in [4.69, 9.17) is 10.5 Å². The molecule has 3 aliphatic rings. The zero-order valence-electron chi connectivity index (χ0n) is 9.94. The molecule has 2 nitrogen and oxygen atoms in total. The van der Waals surface area contributed by atoms with Gasteiger partial charge in [-0.25, -0.2) is 0 Å². The number of nitrogens with two attached hydrogens (primary N) is 1. The van der Waals surface area contributed by atoms with E-state index in [-0.39, 0.29) is 6.04 Å². The largest absolute Gasteiger partial charge is 0.375 e. The summed E-state index contributed by atoms with van der Waals surface area (Å²) < 4.78 is 5.78. The van der Waals surface area contributed by atoms with Crippen LogP contribution in [0.1, 0.15) is 32.1 Å². The molecule has 2 saturated carbocycles. The van der Waals surface area contributed by atoms with Crippen molar-refractivity contribution in [2.75, 3.05) is 18.1 Å².